The predicted octanol–water partition coefficient (Wildman–Crippen LogP) is 3.88. The summed E-state index contributed by atoms with van der Waals surface area (Å²) in [6.45, 7) is 3.74. The van der Waals surface area contributed by atoms with Gasteiger partial charge in [0.25, 0.3) is 15.9 Å². The molecule has 1 aliphatic heterocycles. The molecule has 0 saturated carbocycles. The molecule has 3 amide bonds. The number of carbonyl (C=O) groups is 2. The number of ether oxygens (including phenoxy) is 2. The number of nitrogens with zero attached hydrogens (tertiary/aromatic N) is 2. The van der Waals surface area contributed by atoms with Gasteiger partial charge in [-0.2, -0.15) is 0 Å². The number of likely N-dealkylation sites (N-methyl/N-ethyl adjacent to an activating group) is 1. The largest absolute Gasteiger partial charge is 0.497 e. The van der Waals surface area contributed by atoms with E-state index in [0.717, 1.165) is 0 Å². The van der Waals surface area contributed by atoms with Crippen molar-refractivity contribution < 1.29 is 32.6 Å². The molecule has 3 aromatic rings. The summed E-state index contributed by atoms with van der Waals surface area (Å²) >= 11 is 0. The SMILES string of the molecule is COc1ccc(S(=O)(=O)Nc2cccc3c2O[C@H](CN(C)C(=O)Nc2ccccc2)[C@@H](C)CN([C@H](C)CO)C3=O)cc1. The van der Waals surface area contributed by atoms with E-state index in [0.29, 0.717) is 11.4 Å². The number of anilines is 2. The van der Waals surface area contributed by atoms with Crippen molar-refractivity contribution >= 4 is 33.3 Å². The number of para-hydroxylation sites is 2. The van der Waals surface area contributed by atoms with Gasteiger partial charge in [-0.25, -0.2) is 13.2 Å². The van der Waals surface area contributed by atoms with Crippen LogP contribution in [0.1, 0.15) is 24.2 Å². The second-order valence-corrected chi connectivity index (χ2v) is 11.9. The molecule has 224 valence electrons. The monoisotopic (exact) mass is 596 g/mol. The van der Waals surface area contributed by atoms with E-state index in [9.17, 15) is 23.1 Å². The number of hydrogen-bond acceptors (Lipinski definition) is 7. The van der Waals surface area contributed by atoms with Crippen molar-refractivity contribution in [2.75, 3.05) is 43.9 Å². The average Bonchev–Trinajstić information content (AvgIpc) is 2.99. The number of benzene rings is 3. The molecule has 1 heterocycles. The third-order valence-corrected chi connectivity index (χ3v) is 8.51. The number of aliphatic hydroxyl groups excluding tert-OH is 1. The van der Waals surface area contributed by atoms with Gasteiger partial charge >= 0.3 is 6.03 Å². The molecule has 0 saturated heterocycles. The first-order valence-electron chi connectivity index (χ1n) is 13.5. The first kappa shape index (κ1) is 30.7. The maximum atomic E-state index is 13.7. The molecule has 42 heavy (non-hydrogen) atoms. The Kier molecular flexibility index (Phi) is 9.59. The molecular formula is C30H36N4O7S. The molecule has 3 atom stereocenters. The first-order chi connectivity index (χ1) is 20.0. The van der Waals surface area contributed by atoms with E-state index < -0.39 is 28.1 Å². The molecule has 0 aliphatic carbocycles. The summed E-state index contributed by atoms with van der Waals surface area (Å²) in [6.07, 6.45) is -0.636. The number of urea groups is 1. The van der Waals surface area contributed by atoms with Crippen LogP contribution < -0.4 is 19.5 Å². The van der Waals surface area contributed by atoms with Gasteiger partial charge in [0.05, 0.1) is 42.4 Å². The Morgan fingerprint density at radius 2 is 1.81 bits per heavy atom. The van der Waals surface area contributed by atoms with E-state index in [1.807, 2.05) is 25.1 Å². The lowest BCUT2D eigenvalue weighted by molar-refractivity contribution is 0.0373. The van der Waals surface area contributed by atoms with Crippen molar-refractivity contribution in [1.82, 2.24) is 9.80 Å². The summed E-state index contributed by atoms with van der Waals surface area (Å²) in [5.41, 5.74) is 0.845. The van der Waals surface area contributed by atoms with Gasteiger partial charge in [-0.1, -0.05) is 31.2 Å². The molecular weight excluding hydrogens is 560 g/mol. The maximum absolute atomic E-state index is 13.7. The number of hydrogen-bond donors (Lipinski definition) is 3. The Balaban J connectivity index is 1.69. The van der Waals surface area contributed by atoms with Gasteiger partial charge in [0.15, 0.2) is 5.75 Å². The van der Waals surface area contributed by atoms with E-state index in [4.69, 9.17) is 9.47 Å². The van der Waals surface area contributed by atoms with Crippen LogP contribution in [0, 0.1) is 5.92 Å². The Hall–Kier alpha value is -4.29. The van der Waals surface area contributed by atoms with E-state index >= 15 is 0 Å². The number of amides is 3. The summed E-state index contributed by atoms with van der Waals surface area (Å²) < 4.78 is 40.8. The number of carbonyl (C=O) groups excluding carboxylic acids is 2. The maximum Gasteiger partial charge on any atom is 0.321 e. The highest BCUT2D eigenvalue weighted by molar-refractivity contribution is 7.92. The molecule has 0 bridgehead atoms. The molecule has 11 nitrogen and oxygen atoms in total. The Labute approximate surface area is 246 Å². The topological polar surface area (TPSA) is 138 Å². The Morgan fingerprint density at radius 3 is 2.45 bits per heavy atom. The van der Waals surface area contributed by atoms with Crippen molar-refractivity contribution in [3.05, 3.63) is 78.4 Å². The van der Waals surface area contributed by atoms with Crippen LogP contribution in [0.4, 0.5) is 16.2 Å². The van der Waals surface area contributed by atoms with Gasteiger partial charge in [-0.15, -0.1) is 0 Å². The average molecular weight is 597 g/mol. The third-order valence-electron chi connectivity index (χ3n) is 7.13. The highest BCUT2D eigenvalue weighted by Crippen LogP contribution is 2.36. The number of aliphatic hydroxyl groups is 1. The number of sulfonamides is 1. The second-order valence-electron chi connectivity index (χ2n) is 10.3. The molecule has 0 aromatic heterocycles. The summed E-state index contributed by atoms with van der Waals surface area (Å²) in [5.74, 6) is -0.155. The number of fused-ring (bicyclic) bond motifs is 1. The molecule has 3 N–H and O–H groups in total. The van der Waals surface area contributed by atoms with Gasteiger partial charge in [0.2, 0.25) is 0 Å². The van der Waals surface area contributed by atoms with Crippen molar-refractivity contribution in [3.8, 4) is 11.5 Å². The first-order valence-corrected chi connectivity index (χ1v) is 15.0. The van der Waals surface area contributed by atoms with Gasteiger partial charge in [-0.05, 0) is 55.5 Å². The minimum absolute atomic E-state index is 0.00385. The van der Waals surface area contributed by atoms with Gasteiger partial charge < -0.3 is 29.7 Å². The summed E-state index contributed by atoms with van der Waals surface area (Å²) in [6, 6.07) is 18.7. The molecule has 1 aliphatic rings. The molecule has 0 radical (unpaired) electrons. The highest BCUT2D eigenvalue weighted by Gasteiger charge is 2.35. The minimum atomic E-state index is -4.07. The lowest BCUT2D eigenvalue weighted by atomic mass is 9.99. The smallest absolute Gasteiger partial charge is 0.321 e. The van der Waals surface area contributed by atoms with Crippen LogP contribution in [0.2, 0.25) is 0 Å². The number of rotatable bonds is 9. The van der Waals surface area contributed by atoms with Gasteiger partial charge in [0, 0.05) is 25.2 Å². The lowest BCUT2D eigenvalue weighted by Crippen LogP contribution is -2.50. The third kappa shape index (κ3) is 6.94. The van der Waals surface area contributed by atoms with E-state index in [1.165, 1.54) is 42.3 Å². The lowest BCUT2D eigenvalue weighted by Gasteiger charge is -2.38. The van der Waals surface area contributed by atoms with Crippen LogP contribution in [0.3, 0.4) is 0 Å². The quantitative estimate of drug-likeness (QED) is 0.341. The van der Waals surface area contributed by atoms with E-state index in [1.54, 1.807) is 43.1 Å². The Morgan fingerprint density at radius 1 is 1.12 bits per heavy atom. The van der Waals surface area contributed by atoms with Crippen LogP contribution in [-0.2, 0) is 10.0 Å². The molecule has 12 heteroatoms. The van der Waals surface area contributed by atoms with Crippen molar-refractivity contribution in [1.29, 1.82) is 0 Å². The minimum Gasteiger partial charge on any atom is -0.497 e. The number of methoxy groups -OCH3 is 1. The van der Waals surface area contributed by atoms with Gasteiger partial charge in [-0.3, -0.25) is 9.52 Å². The fourth-order valence-corrected chi connectivity index (χ4v) is 5.66. The summed E-state index contributed by atoms with van der Waals surface area (Å²) in [7, 11) is -0.956. The van der Waals surface area contributed by atoms with Crippen LogP contribution in [0.25, 0.3) is 0 Å². The number of nitrogens with one attached hydrogen (secondary N) is 2. The fraction of sp³-hybridized carbons (Fsp3) is 0.333. The summed E-state index contributed by atoms with van der Waals surface area (Å²) in [5, 5.41) is 12.7. The van der Waals surface area contributed by atoms with Crippen molar-refractivity contribution in [2.24, 2.45) is 5.92 Å². The van der Waals surface area contributed by atoms with Crippen molar-refractivity contribution in [2.45, 2.75) is 30.9 Å². The molecule has 0 spiro atoms. The van der Waals surface area contributed by atoms with Crippen LogP contribution >= 0.6 is 0 Å². The standard InChI is InChI=1S/C30H36N4O7S/c1-20-17-34(21(2)19-35)29(36)25-11-8-12-26(32-42(38,39)24-15-13-23(40-4)14-16-24)28(25)41-27(20)18-33(3)30(37)31-22-9-6-5-7-10-22/h5-16,20-21,27,32,35H,17-19H2,1-4H3,(H,31,37)/t20-,21+,27+/m0/s1. The van der Waals surface area contributed by atoms with Crippen LogP contribution in [0.5, 0.6) is 11.5 Å². The zero-order chi connectivity index (χ0) is 30.4. The fourth-order valence-electron chi connectivity index (χ4n) is 4.59. The van der Waals surface area contributed by atoms with Gasteiger partial charge in [0.1, 0.15) is 11.9 Å². The van der Waals surface area contributed by atoms with Crippen molar-refractivity contribution in [3.63, 3.8) is 0 Å². The van der Waals surface area contributed by atoms with E-state index in [-0.39, 0.29) is 53.5 Å². The zero-order valence-electron chi connectivity index (χ0n) is 24.0. The molecule has 4 rings (SSSR count). The Bertz CT molecular complexity index is 1500. The predicted molar refractivity (Wildman–Crippen MR) is 159 cm³/mol. The normalized spacial score (nSPS) is 17.6. The molecule has 3 aromatic carbocycles. The van der Waals surface area contributed by atoms with Crippen LogP contribution in [-0.4, -0.2) is 81.3 Å². The highest BCUT2D eigenvalue weighted by atomic mass is 32.2. The zero-order valence-corrected chi connectivity index (χ0v) is 24.8. The molecule has 0 unspecified atom stereocenters. The summed E-state index contributed by atoms with van der Waals surface area (Å²) in [4.78, 5) is 29.7. The second kappa shape index (κ2) is 13.1. The molecule has 0 fully saturated rings. The van der Waals surface area contributed by atoms with Crippen LogP contribution in [0.15, 0.2) is 77.7 Å². The van der Waals surface area contributed by atoms with E-state index in [2.05, 4.69) is 10.0 Å².